The van der Waals surface area contributed by atoms with Crippen LogP contribution in [0.2, 0.25) is 0 Å². The molecule has 10 heteroatoms. The monoisotopic (exact) mass is 624 g/mol. The van der Waals surface area contributed by atoms with Crippen molar-refractivity contribution in [3.63, 3.8) is 0 Å². The summed E-state index contributed by atoms with van der Waals surface area (Å²) in [7, 11) is -5.10. The topological polar surface area (TPSA) is 135 Å². The number of carbonyl (C=O) groups is 2. The fourth-order valence-electron chi connectivity index (χ4n) is 5.37. The van der Waals surface area contributed by atoms with E-state index in [1.165, 1.54) is 57.8 Å². The van der Waals surface area contributed by atoms with Crippen LogP contribution in [-0.4, -0.2) is 29.7 Å². The summed E-state index contributed by atoms with van der Waals surface area (Å²) in [6.07, 6.45) is 19.3. The molecule has 0 spiro atoms. The summed E-state index contributed by atoms with van der Waals surface area (Å²) in [5, 5.41) is 23.6. The summed E-state index contributed by atoms with van der Waals surface area (Å²) in [6, 6.07) is 0. The van der Waals surface area contributed by atoms with Gasteiger partial charge in [-0.15, -0.1) is 0 Å². The molecule has 0 fully saturated rings. The van der Waals surface area contributed by atoms with Crippen molar-refractivity contribution in [2.24, 2.45) is 5.92 Å². The Hall–Kier alpha value is 2.12. The molecule has 0 saturated carbocycles. The van der Waals surface area contributed by atoms with Crippen LogP contribution in [0.4, 0.5) is 0 Å². The van der Waals surface area contributed by atoms with Crippen LogP contribution in [-0.2, 0) is 19.7 Å². The van der Waals surface area contributed by atoms with Gasteiger partial charge in [0.25, 0.3) is 10.1 Å². The minimum Gasteiger partial charge on any atom is -0.550 e. The molecular formula is C29H54K2O7S. The predicted molar refractivity (Wildman–Crippen MR) is 145 cm³/mol. The van der Waals surface area contributed by atoms with Gasteiger partial charge in [0, 0.05) is 5.97 Å². The minimum absolute atomic E-state index is 0. The van der Waals surface area contributed by atoms with Gasteiger partial charge >= 0.3 is 103 Å². The van der Waals surface area contributed by atoms with Gasteiger partial charge in [-0.2, -0.15) is 8.42 Å². The van der Waals surface area contributed by atoms with Crippen LogP contribution in [0.5, 0.6) is 0 Å². The van der Waals surface area contributed by atoms with E-state index >= 15 is 0 Å². The van der Waals surface area contributed by atoms with Crippen molar-refractivity contribution in [1.82, 2.24) is 0 Å². The smallest absolute Gasteiger partial charge is 0.550 e. The molecule has 0 radical (unpaired) electrons. The molecule has 0 aromatic rings. The fourth-order valence-corrected chi connectivity index (χ4v) is 6.61. The van der Waals surface area contributed by atoms with E-state index in [1.54, 1.807) is 0 Å². The Kier molecular flexibility index (Phi) is 33.7. The third-order valence-electron chi connectivity index (χ3n) is 7.69. The van der Waals surface area contributed by atoms with E-state index in [0.29, 0.717) is 12.8 Å². The van der Waals surface area contributed by atoms with Crippen molar-refractivity contribution in [1.29, 1.82) is 0 Å². The number of unbranched alkanes of at least 4 members (excludes halogenated alkanes) is 18. The maximum absolute atomic E-state index is 12.4. The van der Waals surface area contributed by atoms with Gasteiger partial charge < -0.3 is 19.8 Å². The van der Waals surface area contributed by atoms with Crippen molar-refractivity contribution >= 4 is 22.1 Å². The molecule has 0 aliphatic carbocycles. The molecular weight excluding hydrogens is 571 g/mol. The second-order valence-corrected chi connectivity index (χ2v) is 12.5. The molecule has 2 unspecified atom stereocenters. The molecule has 0 aliphatic heterocycles. The van der Waals surface area contributed by atoms with Crippen LogP contribution in [0.15, 0.2) is 0 Å². The van der Waals surface area contributed by atoms with Crippen LogP contribution < -0.4 is 113 Å². The Morgan fingerprint density at radius 1 is 0.641 bits per heavy atom. The molecule has 2 atom stereocenters. The fraction of sp³-hybridized carbons (Fsp3) is 0.931. The van der Waals surface area contributed by atoms with E-state index in [2.05, 4.69) is 13.8 Å². The van der Waals surface area contributed by atoms with E-state index in [-0.39, 0.29) is 122 Å². The zero-order valence-electron chi connectivity index (χ0n) is 25.6. The molecule has 0 saturated heterocycles. The van der Waals surface area contributed by atoms with Gasteiger partial charge in [0.2, 0.25) is 0 Å². The molecule has 0 aromatic carbocycles. The maximum atomic E-state index is 12.4. The third kappa shape index (κ3) is 21.5. The average Bonchev–Trinajstić information content (AvgIpc) is 2.82. The molecule has 0 heterocycles. The minimum atomic E-state index is -5.10. The molecule has 0 aliphatic rings. The van der Waals surface area contributed by atoms with E-state index in [0.717, 1.165) is 51.4 Å². The number of hydrogen-bond donors (Lipinski definition) is 1. The second-order valence-electron chi connectivity index (χ2n) is 10.8. The molecule has 0 bridgehead atoms. The van der Waals surface area contributed by atoms with Gasteiger partial charge in [-0.3, -0.25) is 4.55 Å². The molecule has 0 aromatic heterocycles. The van der Waals surface area contributed by atoms with E-state index in [9.17, 15) is 32.8 Å². The number of carbonyl (C=O) groups excluding carboxylic acids is 2. The number of aliphatic carboxylic acids is 2. The van der Waals surface area contributed by atoms with Gasteiger partial charge in [-0.05, 0) is 25.2 Å². The first-order valence-corrected chi connectivity index (χ1v) is 16.5. The zero-order valence-corrected chi connectivity index (χ0v) is 32.7. The third-order valence-corrected chi connectivity index (χ3v) is 9.31. The van der Waals surface area contributed by atoms with E-state index < -0.39 is 39.1 Å². The molecule has 0 rings (SSSR count). The summed E-state index contributed by atoms with van der Waals surface area (Å²) < 4.78 is 32.2. The molecule has 0 amide bonds. The summed E-state index contributed by atoms with van der Waals surface area (Å²) >= 11 is 0. The summed E-state index contributed by atoms with van der Waals surface area (Å²) in [6.45, 7) is 4.36. The molecule has 1 N–H and O–H groups in total. The largest absolute Gasteiger partial charge is 1.00 e. The van der Waals surface area contributed by atoms with Crippen LogP contribution in [0.3, 0.4) is 0 Å². The van der Waals surface area contributed by atoms with Crippen molar-refractivity contribution in [3.8, 4) is 0 Å². The van der Waals surface area contributed by atoms with Gasteiger partial charge in [0.1, 0.15) is 4.75 Å². The van der Waals surface area contributed by atoms with E-state index in [1.807, 2.05) is 0 Å². The first kappa shape index (κ1) is 45.6. The van der Waals surface area contributed by atoms with Crippen LogP contribution in [0.1, 0.15) is 162 Å². The summed E-state index contributed by atoms with van der Waals surface area (Å²) in [4.78, 5) is 23.6. The second kappa shape index (κ2) is 28.9. The molecule has 39 heavy (non-hydrogen) atoms. The maximum Gasteiger partial charge on any atom is 1.00 e. The van der Waals surface area contributed by atoms with E-state index in [4.69, 9.17) is 0 Å². The first-order chi connectivity index (χ1) is 17.6. The summed E-state index contributed by atoms with van der Waals surface area (Å²) in [5.74, 6) is -4.72. The SMILES string of the molecule is CCCCCCCCCCCCC(CC(=O)[O-])C(CCCCCCCCCCCC)(C(=O)[O-])S(=O)(=O)O.[K+].[K+]. The van der Waals surface area contributed by atoms with Gasteiger partial charge in [0.15, 0.2) is 0 Å². The molecule has 220 valence electrons. The normalized spacial score (nSPS) is 13.6. The Morgan fingerprint density at radius 3 is 1.28 bits per heavy atom. The first-order valence-electron chi connectivity index (χ1n) is 15.0. The number of hydrogen-bond acceptors (Lipinski definition) is 6. The van der Waals surface area contributed by atoms with Crippen molar-refractivity contribution < 1.29 is 136 Å². The number of rotatable bonds is 27. The number of carboxylic acids is 2. The predicted octanol–water partition coefficient (Wildman–Crippen LogP) is -0.251. The van der Waals surface area contributed by atoms with Crippen molar-refractivity contribution in [3.05, 3.63) is 0 Å². The summed E-state index contributed by atoms with van der Waals surface area (Å²) in [5.41, 5.74) is 0. The van der Waals surface area contributed by atoms with Crippen molar-refractivity contribution in [2.75, 3.05) is 0 Å². The van der Waals surface area contributed by atoms with Gasteiger partial charge in [-0.1, -0.05) is 142 Å². The van der Waals surface area contributed by atoms with Crippen molar-refractivity contribution in [2.45, 2.75) is 166 Å². The van der Waals surface area contributed by atoms with Crippen LogP contribution in [0, 0.1) is 5.92 Å². The Labute approximate surface area is 324 Å². The molecule has 7 nitrogen and oxygen atoms in total. The quantitative estimate of drug-likeness (QED) is 0.0757. The van der Waals surface area contributed by atoms with Gasteiger partial charge in [-0.25, -0.2) is 0 Å². The Balaban J connectivity index is -0.00000648. The Bertz CT molecular complexity index is 704. The van der Waals surface area contributed by atoms with Crippen LogP contribution in [0.25, 0.3) is 0 Å². The Morgan fingerprint density at radius 2 is 0.974 bits per heavy atom. The van der Waals surface area contributed by atoms with Gasteiger partial charge in [0.05, 0.1) is 5.97 Å². The van der Waals surface area contributed by atoms with Crippen LogP contribution >= 0.6 is 0 Å². The average molecular weight is 625 g/mol. The zero-order chi connectivity index (χ0) is 28.0. The number of carboxylic acid groups (broad SMARTS) is 2. The standard InChI is InChI=1S/C29H56O7S.2K/c1-3-5-7-9-11-13-15-17-19-21-23-26(25-27(30)31)29(28(32)33,37(34,35)36)24-22-20-18-16-14-12-10-8-6-4-2;;/h26H,3-25H2,1-2H3,(H,30,31)(H,32,33)(H,34,35,36);;/q;2*+1/p-2.